The van der Waals surface area contributed by atoms with Crippen LogP contribution in [-0.4, -0.2) is 25.2 Å². The molecule has 0 unspecified atom stereocenters. The summed E-state index contributed by atoms with van der Waals surface area (Å²) >= 11 is 0. The Bertz CT molecular complexity index is 449. The van der Waals surface area contributed by atoms with Crippen LogP contribution in [-0.2, 0) is 19.1 Å². The molecule has 0 spiro atoms. The molecule has 0 saturated carbocycles. The molecule has 0 aromatic heterocycles. The summed E-state index contributed by atoms with van der Waals surface area (Å²) in [6.07, 6.45) is 8.39. The standard InChI is InChI=1S/C23H42O4/c1-7-9-11-13-15-21(23(25)27-17-19(5)6)20(14-12-10-8-2)22(24)26-16-18(3)4/h18-19H,7-17H2,1-6H3. The molecule has 27 heavy (non-hydrogen) atoms. The summed E-state index contributed by atoms with van der Waals surface area (Å²) in [5, 5.41) is 0. The van der Waals surface area contributed by atoms with E-state index in [0.29, 0.717) is 37.2 Å². The number of hydrogen-bond acceptors (Lipinski definition) is 4. The Balaban J connectivity index is 5.46. The molecule has 0 fully saturated rings. The summed E-state index contributed by atoms with van der Waals surface area (Å²) in [5.74, 6) is -0.140. The molecule has 0 radical (unpaired) electrons. The van der Waals surface area contributed by atoms with Gasteiger partial charge in [-0.25, -0.2) is 9.59 Å². The third kappa shape index (κ3) is 12.6. The molecule has 0 bridgehead atoms. The van der Waals surface area contributed by atoms with Crippen LogP contribution >= 0.6 is 0 Å². The van der Waals surface area contributed by atoms with Crippen LogP contribution < -0.4 is 0 Å². The average Bonchev–Trinajstić information content (AvgIpc) is 2.62. The van der Waals surface area contributed by atoms with Gasteiger partial charge in [-0.05, 0) is 37.5 Å². The van der Waals surface area contributed by atoms with Gasteiger partial charge in [0.25, 0.3) is 0 Å². The number of esters is 2. The second-order valence-electron chi connectivity index (χ2n) is 8.21. The first-order valence-electron chi connectivity index (χ1n) is 10.9. The zero-order chi connectivity index (χ0) is 20.7. The van der Waals surface area contributed by atoms with Gasteiger partial charge >= 0.3 is 11.9 Å². The Labute approximate surface area is 167 Å². The summed E-state index contributed by atoms with van der Waals surface area (Å²) < 4.78 is 11.0. The SMILES string of the molecule is CCCCCCC(C(=O)OCC(C)C)=C(CCCCC)C(=O)OCC(C)C. The highest BCUT2D eigenvalue weighted by molar-refractivity contribution is 6.00. The van der Waals surface area contributed by atoms with Crippen molar-refractivity contribution in [2.24, 2.45) is 11.8 Å². The van der Waals surface area contributed by atoms with Crippen molar-refractivity contribution < 1.29 is 19.1 Å². The van der Waals surface area contributed by atoms with Crippen LogP contribution in [0.25, 0.3) is 0 Å². The van der Waals surface area contributed by atoms with Gasteiger partial charge in [0.15, 0.2) is 0 Å². The number of ether oxygens (including phenoxy) is 2. The van der Waals surface area contributed by atoms with Crippen molar-refractivity contribution >= 4 is 11.9 Å². The fraction of sp³-hybridized carbons (Fsp3) is 0.826. The van der Waals surface area contributed by atoms with Crippen molar-refractivity contribution in [3.8, 4) is 0 Å². The predicted octanol–water partition coefficient (Wildman–Crippen LogP) is 6.23. The molecular formula is C23H42O4. The number of carbonyl (C=O) groups excluding carboxylic acids is 2. The Morgan fingerprint density at radius 3 is 1.37 bits per heavy atom. The second kappa shape index (κ2) is 15.7. The molecule has 0 atom stereocenters. The van der Waals surface area contributed by atoms with E-state index in [4.69, 9.17) is 9.47 Å². The number of hydrogen-bond donors (Lipinski definition) is 0. The molecule has 0 N–H and O–H groups in total. The lowest BCUT2D eigenvalue weighted by Crippen LogP contribution is -2.20. The van der Waals surface area contributed by atoms with E-state index in [1.54, 1.807) is 0 Å². The first-order chi connectivity index (χ1) is 12.8. The van der Waals surface area contributed by atoms with E-state index in [1.165, 1.54) is 0 Å². The fourth-order valence-corrected chi connectivity index (χ4v) is 2.69. The maximum absolute atomic E-state index is 12.7. The minimum atomic E-state index is -0.341. The minimum Gasteiger partial charge on any atom is -0.462 e. The smallest absolute Gasteiger partial charge is 0.334 e. The number of rotatable bonds is 15. The van der Waals surface area contributed by atoms with Gasteiger partial charge < -0.3 is 9.47 Å². The van der Waals surface area contributed by atoms with Crippen LogP contribution in [0.5, 0.6) is 0 Å². The Hall–Kier alpha value is -1.32. The van der Waals surface area contributed by atoms with Crippen LogP contribution in [0.2, 0.25) is 0 Å². The fourth-order valence-electron chi connectivity index (χ4n) is 2.69. The quantitative estimate of drug-likeness (QED) is 0.191. The molecule has 0 aliphatic rings. The van der Waals surface area contributed by atoms with E-state index in [2.05, 4.69) is 13.8 Å². The lowest BCUT2D eigenvalue weighted by Gasteiger charge is -2.16. The highest BCUT2D eigenvalue weighted by Gasteiger charge is 2.23. The van der Waals surface area contributed by atoms with Crippen molar-refractivity contribution in [3.05, 3.63) is 11.1 Å². The zero-order valence-corrected chi connectivity index (χ0v) is 18.6. The molecule has 158 valence electrons. The molecule has 0 aliphatic carbocycles. The zero-order valence-electron chi connectivity index (χ0n) is 18.6. The molecule has 0 amide bonds. The van der Waals surface area contributed by atoms with Gasteiger partial charge in [0.2, 0.25) is 0 Å². The van der Waals surface area contributed by atoms with Gasteiger partial charge in [0.1, 0.15) is 0 Å². The molecule has 0 rings (SSSR count). The Morgan fingerprint density at radius 2 is 1.00 bits per heavy atom. The largest absolute Gasteiger partial charge is 0.462 e. The summed E-state index contributed by atoms with van der Waals surface area (Å²) in [6.45, 7) is 13.1. The monoisotopic (exact) mass is 382 g/mol. The van der Waals surface area contributed by atoms with Gasteiger partial charge in [-0.3, -0.25) is 0 Å². The third-order valence-electron chi connectivity index (χ3n) is 4.26. The normalized spacial score (nSPS) is 12.3. The average molecular weight is 383 g/mol. The van der Waals surface area contributed by atoms with Crippen molar-refractivity contribution in [1.82, 2.24) is 0 Å². The molecule has 0 heterocycles. The van der Waals surface area contributed by atoms with Gasteiger partial charge in [0.05, 0.1) is 13.2 Å². The predicted molar refractivity (Wildman–Crippen MR) is 112 cm³/mol. The van der Waals surface area contributed by atoms with Crippen LogP contribution in [0, 0.1) is 11.8 Å². The second-order valence-corrected chi connectivity index (χ2v) is 8.21. The van der Waals surface area contributed by atoms with Crippen molar-refractivity contribution in [3.63, 3.8) is 0 Å². The van der Waals surface area contributed by atoms with E-state index in [1.807, 2.05) is 27.7 Å². The van der Waals surface area contributed by atoms with E-state index in [9.17, 15) is 9.59 Å². The molecule has 0 aromatic carbocycles. The minimum absolute atomic E-state index is 0.270. The van der Waals surface area contributed by atoms with Gasteiger partial charge in [-0.15, -0.1) is 0 Å². The van der Waals surface area contributed by atoms with Gasteiger partial charge in [0, 0.05) is 11.1 Å². The van der Waals surface area contributed by atoms with Crippen LogP contribution in [0.15, 0.2) is 11.1 Å². The van der Waals surface area contributed by atoms with E-state index in [-0.39, 0.29) is 23.8 Å². The maximum Gasteiger partial charge on any atom is 0.334 e. The maximum atomic E-state index is 12.7. The third-order valence-corrected chi connectivity index (χ3v) is 4.26. The molecular weight excluding hydrogens is 340 g/mol. The van der Waals surface area contributed by atoms with Gasteiger partial charge in [-0.2, -0.15) is 0 Å². The van der Waals surface area contributed by atoms with Crippen LogP contribution in [0.1, 0.15) is 99.3 Å². The topological polar surface area (TPSA) is 52.6 Å². The van der Waals surface area contributed by atoms with Gasteiger partial charge in [-0.1, -0.05) is 73.6 Å². The Morgan fingerprint density at radius 1 is 0.630 bits per heavy atom. The van der Waals surface area contributed by atoms with E-state index >= 15 is 0 Å². The Kier molecular flexibility index (Phi) is 14.9. The summed E-state index contributed by atoms with van der Waals surface area (Å²) in [6, 6.07) is 0. The lowest BCUT2D eigenvalue weighted by atomic mass is 9.96. The lowest BCUT2D eigenvalue weighted by molar-refractivity contribution is -0.143. The molecule has 0 aliphatic heterocycles. The first-order valence-corrected chi connectivity index (χ1v) is 10.9. The van der Waals surface area contributed by atoms with E-state index in [0.717, 1.165) is 44.9 Å². The number of carbonyl (C=O) groups is 2. The van der Waals surface area contributed by atoms with Crippen LogP contribution in [0.4, 0.5) is 0 Å². The summed E-state index contributed by atoms with van der Waals surface area (Å²) in [4.78, 5) is 25.5. The molecule has 4 nitrogen and oxygen atoms in total. The number of unbranched alkanes of at least 4 members (excludes halogenated alkanes) is 5. The highest BCUT2D eigenvalue weighted by atomic mass is 16.5. The molecule has 4 heteroatoms. The molecule has 0 aromatic rings. The summed E-state index contributed by atoms with van der Waals surface area (Å²) in [7, 11) is 0. The molecule has 0 saturated heterocycles. The van der Waals surface area contributed by atoms with Crippen molar-refractivity contribution in [2.45, 2.75) is 99.3 Å². The first kappa shape index (κ1) is 25.7. The van der Waals surface area contributed by atoms with Crippen LogP contribution in [0.3, 0.4) is 0 Å². The highest BCUT2D eigenvalue weighted by Crippen LogP contribution is 2.23. The van der Waals surface area contributed by atoms with Crippen molar-refractivity contribution in [1.29, 1.82) is 0 Å². The summed E-state index contributed by atoms with van der Waals surface area (Å²) in [5.41, 5.74) is 1.07. The van der Waals surface area contributed by atoms with Crippen molar-refractivity contribution in [2.75, 3.05) is 13.2 Å². The van der Waals surface area contributed by atoms with E-state index < -0.39 is 0 Å².